The van der Waals surface area contributed by atoms with Crippen LogP contribution >= 0.6 is 0 Å². The van der Waals surface area contributed by atoms with Gasteiger partial charge in [0.1, 0.15) is 17.5 Å². The van der Waals surface area contributed by atoms with Gasteiger partial charge in [0.25, 0.3) is 0 Å². The highest BCUT2D eigenvalue weighted by atomic mass is 15.3. The maximum absolute atomic E-state index is 5.46. The molecule has 0 amide bonds. The Balaban J connectivity index is 2.34. The van der Waals surface area contributed by atoms with E-state index in [1.807, 2.05) is 0 Å². The van der Waals surface area contributed by atoms with Crippen LogP contribution in [0.4, 0.5) is 17.3 Å². The maximum atomic E-state index is 5.46. The van der Waals surface area contributed by atoms with Gasteiger partial charge in [-0.15, -0.1) is 0 Å². The summed E-state index contributed by atoms with van der Waals surface area (Å²) in [6.07, 6.45) is 0. The van der Waals surface area contributed by atoms with E-state index >= 15 is 0 Å². The third-order valence-electron chi connectivity index (χ3n) is 3.05. The summed E-state index contributed by atoms with van der Waals surface area (Å²) in [4.78, 5) is 8.86. The van der Waals surface area contributed by atoms with Crippen LogP contribution in [0.25, 0.3) is 0 Å². The van der Waals surface area contributed by atoms with Crippen LogP contribution in [-0.2, 0) is 0 Å². The largest absolute Gasteiger partial charge is 0.340 e. The molecular formula is C15H21N5. The molecule has 5 nitrogen and oxygen atoms in total. The van der Waals surface area contributed by atoms with E-state index in [9.17, 15) is 0 Å². The summed E-state index contributed by atoms with van der Waals surface area (Å²) in [5.74, 6) is 7.81. The number of benzene rings is 1. The Kier molecular flexibility index (Phi) is 4.20. The van der Waals surface area contributed by atoms with Crippen LogP contribution in [0.15, 0.2) is 24.3 Å². The first-order chi connectivity index (χ1) is 9.49. The second kappa shape index (κ2) is 5.88. The number of nitrogens with two attached hydrogens (primary N) is 1. The molecule has 5 heteroatoms. The lowest BCUT2D eigenvalue weighted by Crippen LogP contribution is -2.12. The second-order valence-electron chi connectivity index (χ2n) is 5.24. The zero-order chi connectivity index (χ0) is 14.7. The first-order valence-corrected chi connectivity index (χ1v) is 6.69. The third kappa shape index (κ3) is 3.24. The van der Waals surface area contributed by atoms with E-state index in [4.69, 9.17) is 5.84 Å². The highest BCUT2D eigenvalue weighted by Gasteiger charge is 2.08. The Morgan fingerprint density at radius 1 is 1.05 bits per heavy atom. The van der Waals surface area contributed by atoms with Gasteiger partial charge in [-0.25, -0.2) is 15.8 Å². The lowest BCUT2D eigenvalue weighted by Gasteiger charge is -2.13. The fraction of sp³-hybridized carbons (Fsp3) is 0.333. The van der Waals surface area contributed by atoms with Crippen LogP contribution in [0, 0.1) is 13.8 Å². The van der Waals surface area contributed by atoms with Crippen LogP contribution in [0.1, 0.15) is 36.7 Å². The van der Waals surface area contributed by atoms with Crippen molar-refractivity contribution in [2.75, 3.05) is 10.7 Å². The summed E-state index contributed by atoms with van der Waals surface area (Å²) in [5, 5.41) is 3.32. The van der Waals surface area contributed by atoms with Gasteiger partial charge in [-0.2, -0.15) is 0 Å². The molecule has 0 unspecified atom stereocenters. The first kappa shape index (κ1) is 14.3. The Hall–Kier alpha value is -2.14. The van der Waals surface area contributed by atoms with E-state index in [2.05, 4.69) is 66.6 Å². The molecule has 1 aromatic carbocycles. The molecule has 1 aromatic heterocycles. The molecule has 0 saturated heterocycles. The standard InChI is InChI=1S/C15H21N5/c1-9(2)15-18-13(8-14(19-15)20-16)17-12-6-5-10(3)7-11(12)4/h5-9H,16H2,1-4H3,(H2,17,18,19,20). The number of aryl methyl sites for hydroxylation is 2. The van der Waals surface area contributed by atoms with Crippen LogP contribution in [0.2, 0.25) is 0 Å². The van der Waals surface area contributed by atoms with Crippen molar-refractivity contribution in [3.63, 3.8) is 0 Å². The summed E-state index contributed by atoms with van der Waals surface area (Å²) in [5.41, 5.74) is 6.03. The van der Waals surface area contributed by atoms with E-state index in [1.165, 1.54) is 11.1 Å². The van der Waals surface area contributed by atoms with Gasteiger partial charge in [0, 0.05) is 17.7 Å². The molecule has 2 rings (SSSR count). The van der Waals surface area contributed by atoms with E-state index < -0.39 is 0 Å². The van der Waals surface area contributed by atoms with E-state index in [0.717, 1.165) is 17.3 Å². The van der Waals surface area contributed by atoms with E-state index in [0.29, 0.717) is 5.82 Å². The predicted molar refractivity (Wildman–Crippen MR) is 83.1 cm³/mol. The zero-order valence-electron chi connectivity index (χ0n) is 12.4. The molecule has 0 aliphatic rings. The lowest BCUT2D eigenvalue weighted by atomic mass is 10.1. The summed E-state index contributed by atoms with van der Waals surface area (Å²) in [6, 6.07) is 8.06. The number of hydrogen-bond acceptors (Lipinski definition) is 5. The molecule has 0 aliphatic heterocycles. The lowest BCUT2D eigenvalue weighted by molar-refractivity contribution is 0.777. The molecule has 0 aliphatic carbocycles. The number of nitrogen functional groups attached to an aromatic ring is 1. The van der Waals surface area contributed by atoms with Crippen molar-refractivity contribution >= 4 is 17.3 Å². The molecule has 0 radical (unpaired) electrons. The summed E-state index contributed by atoms with van der Waals surface area (Å²) >= 11 is 0. The molecule has 1 heterocycles. The van der Waals surface area contributed by atoms with Crippen LogP contribution in [0.3, 0.4) is 0 Å². The molecule has 0 saturated carbocycles. The average Bonchev–Trinajstić information content (AvgIpc) is 2.41. The van der Waals surface area contributed by atoms with Crippen molar-refractivity contribution in [1.29, 1.82) is 0 Å². The maximum Gasteiger partial charge on any atom is 0.145 e. The minimum absolute atomic E-state index is 0.239. The highest BCUT2D eigenvalue weighted by Crippen LogP contribution is 2.23. The Labute approximate surface area is 119 Å². The van der Waals surface area contributed by atoms with Gasteiger partial charge in [0.2, 0.25) is 0 Å². The minimum atomic E-state index is 0.239. The van der Waals surface area contributed by atoms with Crippen molar-refractivity contribution < 1.29 is 0 Å². The molecule has 0 atom stereocenters. The van der Waals surface area contributed by atoms with Gasteiger partial charge in [0.05, 0.1) is 0 Å². The van der Waals surface area contributed by atoms with E-state index in [-0.39, 0.29) is 5.92 Å². The fourth-order valence-corrected chi connectivity index (χ4v) is 1.95. The van der Waals surface area contributed by atoms with Gasteiger partial charge in [0.15, 0.2) is 0 Å². The van der Waals surface area contributed by atoms with Crippen molar-refractivity contribution in [1.82, 2.24) is 9.97 Å². The minimum Gasteiger partial charge on any atom is -0.340 e. The molecule has 0 bridgehead atoms. The Morgan fingerprint density at radius 2 is 1.75 bits per heavy atom. The number of nitrogens with one attached hydrogen (secondary N) is 2. The topological polar surface area (TPSA) is 75.9 Å². The molecule has 2 aromatic rings. The van der Waals surface area contributed by atoms with Crippen LogP contribution in [0.5, 0.6) is 0 Å². The summed E-state index contributed by atoms with van der Waals surface area (Å²) < 4.78 is 0. The third-order valence-corrected chi connectivity index (χ3v) is 3.05. The second-order valence-corrected chi connectivity index (χ2v) is 5.24. The van der Waals surface area contributed by atoms with E-state index in [1.54, 1.807) is 6.07 Å². The molecular weight excluding hydrogens is 250 g/mol. The zero-order valence-corrected chi connectivity index (χ0v) is 12.4. The number of nitrogens with zero attached hydrogens (tertiary/aromatic N) is 2. The fourth-order valence-electron chi connectivity index (χ4n) is 1.95. The van der Waals surface area contributed by atoms with Gasteiger partial charge in [-0.1, -0.05) is 31.5 Å². The van der Waals surface area contributed by atoms with Crippen molar-refractivity contribution in [2.45, 2.75) is 33.6 Å². The number of aromatic nitrogens is 2. The smallest absolute Gasteiger partial charge is 0.145 e. The normalized spacial score (nSPS) is 10.7. The number of hydrazine groups is 1. The number of hydrogen-bond donors (Lipinski definition) is 3. The van der Waals surface area contributed by atoms with Crippen molar-refractivity contribution in [2.24, 2.45) is 5.84 Å². The predicted octanol–water partition coefficient (Wildman–Crippen LogP) is 3.25. The van der Waals surface area contributed by atoms with Crippen molar-refractivity contribution in [3.8, 4) is 0 Å². The van der Waals surface area contributed by atoms with Crippen LogP contribution < -0.4 is 16.6 Å². The Morgan fingerprint density at radius 3 is 2.35 bits per heavy atom. The Bertz CT molecular complexity index is 607. The number of rotatable bonds is 4. The molecule has 0 spiro atoms. The van der Waals surface area contributed by atoms with Gasteiger partial charge in [-0.05, 0) is 25.5 Å². The monoisotopic (exact) mass is 271 g/mol. The van der Waals surface area contributed by atoms with Crippen LogP contribution in [-0.4, -0.2) is 9.97 Å². The number of anilines is 3. The summed E-state index contributed by atoms with van der Waals surface area (Å²) in [7, 11) is 0. The highest BCUT2D eigenvalue weighted by molar-refractivity contribution is 5.62. The van der Waals surface area contributed by atoms with Gasteiger partial charge >= 0.3 is 0 Å². The average molecular weight is 271 g/mol. The first-order valence-electron chi connectivity index (χ1n) is 6.69. The molecule has 0 fully saturated rings. The molecule has 106 valence electrons. The molecule has 4 N–H and O–H groups in total. The SMILES string of the molecule is Cc1ccc(Nc2cc(NN)nc(C(C)C)n2)c(C)c1. The summed E-state index contributed by atoms with van der Waals surface area (Å²) in [6.45, 7) is 8.25. The quantitative estimate of drug-likeness (QED) is 0.588. The van der Waals surface area contributed by atoms with Gasteiger partial charge < -0.3 is 10.7 Å². The van der Waals surface area contributed by atoms with Gasteiger partial charge in [-0.3, -0.25) is 0 Å². The van der Waals surface area contributed by atoms with Crippen molar-refractivity contribution in [3.05, 3.63) is 41.2 Å². The molecule has 20 heavy (non-hydrogen) atoms.